The van der Waals surface area contributed by atoms with E-state index in [2.05, 4.69) is 9.97 Å². The van der Waals surface area contributed by atoms with E-state index in [1.54, 1.807) is 13.8 Å². The maximum Gasteiger partial charge on any atom is 0.342 e. The van der Waals surface area contributed by atoms with E-state index in [0.717, 1.165) is 17.8 Å². The van der Waals surface area contributed by atoms with Crippen LogP contribution in [0.4, 0.5) is 14.6 Å². The maximum atomic E-state index is 13.7. The van der Waals surface area contributed by atoms with Crippen molar-refractivity contribution in [2.24, 2.45) is 0 Å². The average molecular weight is 379 g/mol. The predicted molar refractivity (Wildman–Crippen MR) is 92.8 cm³/mol. The molecule has 3 rings (SSSR count). The van der Waals surface area contributed by atoms with Crippen LogP contribution in [0, 0.1) is 18.6 Å². The highest BCUT2D eigenvalue weighted by Gasteiger charge is 2.23. The lowest BCUT2D eigenvalue weighted by Gasteiger charge is -2.05. The van der Waals surface area contributed by atoms with Crippen molar-refractivity contribution in [1.82, 2.24) is 9.97 Å². The molecule has 0 saturated carbocycles. The van der Waals surface area contributed by atoms with Gasteiger partial charge in [0, 0.05) is 11.0 Å². The molecule has 26 heavy (non-hydrogen) atoms. The highest BCUT2D eigenvalue weighted by Crippen LogP contribution is 2.31. The fourth-order valence-electron chi connectivity index (χ4n) is 2.43. The van der Waals surface area contributed by atoms with E-state index in [1.165, 1.54) is 12.1 Å². The number of thioether (sulfide) groups is 1. The Labute approximate surface area is 151 Å². The number of nitrogens with zero attached hydrogens (tertiary/aromatic N) is 2. The molecule has 0 aliphatic carbocycles. The molecule has 3 aromatic rings. The lowest BCUT2D eigenvalue weighted by atomic mass is 10.2. The number of fused-ring (bicyclic) bond motifs is 1. The Kier molecular flexibility index (Phi) is 5.08. The third kappa shape index (κ3) is 3.48. The van der Waals surface area contributed by atoms with Crippen molar-refractivity contribution in [2.45, 2.75) is 24.5 Å². The topological polar surface area (TPSA) is 91.2 Å². The van der Waals surface area contributed by atoms with Crippen LogP contribution in [-0.4, -0.2) is 22.5 Å². The molecular weight excluding hydrogens is 364 g/mol. The van der Waals surface area contributed by atoms with Crippen molar-refractivity contribution < 1.29 is 22.7 Å². The molecule has 0 saturated heterocycles. The van der Waals surface area contributed by atoms with Gasteiger partial charge in [0.05, 0.1) is 17.7 Å². The van der Waals surface area contributed by atoms with E-state index < -0.39 is 17.6 Å². The van der Waals surface area contributed by atoms with Gasteiger partial charge in [-0.05, 0) is 26.0 Å². The summed E-state index contributed by atoms with van der Waals surface area (Å²) in [4.78, 5) is 20.7. The Bertz CT molecular complexity index is 991. The third-order valence-electron chi connectivity index (χ3n) is 3.53. The van der Waals surface area contributed by atoms with Crippen LogP contribution in [-0.2, 0) is 10.5 Å². The van der Waals surface area contributed by atoms with Crippen LogP contribution in [0.3, 0.4) is 0 Å². The Balaban J connectivity index is 1.90. The van der Waals surface area contributed by atoms with Gasteiger partial charge in [-0.2, -0.15) is 4.98 Å². The zero-order valence-electron chi connectivity index (χ0n) is 14.0. The van der Waals surface area contributed by atoms with E-state index in [1.807, 2.05) is 0 Å². The van der Waals surface area contributed by atoms with Gasteiger partial charge in [-0.15, -0.1) is 11.8 Å². The molecule has 1 aromatic carbocycles. The number of hydrogen-bond donors (Lipinski definition) is 1. The number of hydrogen-bond acceptors (Lipinski definition) is 7. The molecular formula is C17H15F2N3O3S. The minimum atomic E-state index is -0.664. The maximum absolute atomic E-state index is 13.7. The van der Waals surface area contributed by atoms with Crippen LogP contribution >= 0.6 is 11.8 Å². The van der Waals surface area contributed by atoms with Crippen LogP contribution in [0.1, 0.15) is 28.9 Å². The number of nitrogens with two attached hydrogens (primary N) is 1. The first-order valence-corrected chi connectivity index (χ1v) is 8.69. The van der Waals surface area contributed by atoms with Gasteiger partial charge in [-0.1, -0.05) is 0 Å². The summed E-state index contributed by atoms with van der Waals surface area (Å²) in [5, 5.41) is 0.294. The normalized spacial score (nSPS) is 11.1. The number of aryl methyl sites for hydroxylation is 1. The molecule has 136 valence electrons. The summed E-state index contributed by atoms with van der Waals surface area (Å²) in [6, 6.07) is 3.32. The van der Waals surface area contributed by atoms with Crippen molar-refractivity contribution in [1.29, 1.82) is 0 Å². The lowest BCUT2D eigenvalue weighted by molar-refractivity contribution is 0.0526. The van der Waals surface area contributed by atoms with E-state index in [-0.39, 0.29) is 34.4 Å². The lowest BCUT2D eigenvalue weighted by Crippen LogP contribution is -2.07. The molecule has 0 radical (unpaired) electrons. The van der Waals surface area contributed by atoms with Crippen molar-refractivity contribution in [3.63, 3.8) is 0 Å². The molecule has 2 heterocycles. The smallest absolute Gasteiger partial charge is 0.342 e. The zero-order valence-corrected chi connectivity index (χ0v) is 14.8. The second-order valence-corrected chi connectivity index (χ2v) is 6.34. The van der Waals surface area contributed by atoms with E-state index >= 15 is 0 Å². The molecule has 0 aliphatic rings. The SMILES string of the molecule is CCOC(=O)c1c(C)oc2nc(CSc3ccc(F)cc3F)nc(N)c12. The van der Waals surface area contributed by atoms with Crippen LogP contribution in [0.25, 0.3) is 11.1 Å². The van der Waals surface area contributed by atoms with Gasteiger partial charge in [-0.25, -0.2) is 18.6 Å². The molecule has 9 heteroatoms. The summed E-state index contributed by atoms with van der Waals surface area (Å²) >= 11 is 1.10. The number of nitrogen functional groups attached to an aromatic ring is 1. The van der Waals surface area contributed by atoms with E-state index in [0.29, 0.717) is 17.0 Å². The van der Waals surface area contributed by atoms with Crippen LogP contribution in [0.2, 0.25) is 0 Å². The van der Waals surface area contributed by atoms with Gasteiger partial charge >= 0.3 is 5.97 Å². The molecule has 0 fully saturated rings. The minimum Gasteiger partial charge on any atom is -0.462 e. The Hall–Kier alpha value is -2.68. The summed E-state index contributed by atoms with van der Waals surface area (Å²) in [7, 11) is 0. The highest BCUT2D eigenvalue weighted by molar-refractivity contribution is 7.98. The number of anilines is 1. The van der Waals surface area contributed by atoms with E-state index in [9.17, 15) is 13.6 Å². The number of rotatable bonds is 5. The molecule has 0 atom stereocenters. The molecule has 0 spiro atoms. The average Bonchev–Trinajstić information content (AvgIpc) is 2.91. The zero-order chi connectivity index (χ0) is 18.8. The number of carbonyl (C=O) groups excluding carboxylic acids is 1. The fourth-order valence-corrected chi connectivity index (χ4v) is 3.21. The molecule has 0 aliphatic heterocycles. The first-order valence-electron chi connectivity index (χ1n) is 7.71. The van der Waals surface area contributed by atoms with Gasteiger partial charge in [0.2, 0.25) is 5.71 Å². The number of furan rings is 1. The van der Waals surface area contributed by atoms with Crippen molar-refractivity contribution in [3.8, 4) is 0 Å². The quantitative estimate of drug-likeness (QED) is 0.532. The Morgan fingerprint density at radius 2 is 2.12 bits per heavy atom. The molecule has 0 amide bonds. The Morgan fingerprint density at radius 1 is 1.35 bits per heavy atom. The fraction of sp³-hybridized carbons (Fsp3) is 0.235. The summed E-state index contributed by atoms with van der Waals surface area (Å²) in [5.41, 5.74) is 6.33. The first-order chi connectivity index (χ1) is 12.4. The van der Waals surface area contributed by atoms with Crippen LogP contribution < -0.4 is 5.73 Å². The highest BCUT2D eigenvalue weighted by atomic mass is 32.2. The van der Waals surface area contributed by atoms with Crippen LogP contribution in [0.15, 0.2) is 27.5 Å². The van der Waals surface area contributed by atoms with Gasteiger partial charge in [-0.3, -0.25) is 0 Å². The first kappa shape index (κ1) is 18.1. The second-order valence-electron chi connectivity index (χ2n) is 5.32. The van der Waals surface area contributed by atoms with Crippen molar-refractivity contribution in [3.05, 3.63) is 47.0 Å². The van der Waals surface area contributed by atoms with E-state index in [4.69, 9.17) is 14.9 Å². The van der Waals surface area contributed by atoms with Gasteiger partial charge < -0.3 is 14.9 Å². The second kappa shape index (κ2) is 7.28. The molecule has 0 bridgehead atoms. The number of benzene rings is 1. The van der Waals surface area contributed by atoms with Crippen LogP contribution in [0.5, 0.6) is 0 Å². The predicted octanol–water partition coefficient (Wildman–Crippen LogP) is 3.86. The summed E-state index contributed by atoms with van der Waals surface area (Å²) in [6.45, 7) is 3.51. The number of carbonyl (C=O) groups is 1. The van der Waals surface area contributed by atoms with Gasteiger partial charge in [0.25, 0.3) is 0 Å². The molecule has 0 unspecified atom stereocenters. The van der Waals surface area contributed by atoms with Crippen molar-refractivity contribution >= 4 is 34.6 Å². The molecule has 2 aromatic heterocycles. The summed E-state index contributed by atoms with van der Waals surface area (Å²) in [6.07, 6.45) is 0. The van der Waals surface area contributed by atoms with Gasteiger partial charge in [0.15, 0.2) is 0 Å². The number of esters is 1. The standard InChI is InChI=1S/C17H15F2N3O3S/c1-3-24-17(23)13-8(2)25-16-14(13)15(20)21-12(22-16)7-26-11-5-4-9(18)6-10(11)19/h4-6H,3,7H2,1-2H3,(H2,20,21,22). The number of halogens is 2. The summed E-state index contributed by atoms with van der Waals surface area (Å²) < 4.78 is 37.2. The Morgan fingerprint density at radius 3 is 2.81 bits per heavy atom. The monoisotopic (exact) mass is 379 g/mol. The minimum absolute atomic E-state index is 0.0741. The molecule has 2 N–H and O–H groups in total. The number of ether oxygens (including phenoxy) is 1. The molecule has 6 nitrogen and oxygen atoms in total. The van der Waals surface area contributed by atoms with Gasteiger partial charge in [0.1, 0.15) is 34.6 Å². The summed E-state index contributed by atoms with van der Waals surface area (Å²) in [5.74, 6) is -0.979. The number of aromatic nitrogens is 2. The third-order valence-corrected chi connectivity index (χ3v) is 4.58. The largest absolute Gasteiger partial charge is 0.462 e. The van der Waals surface area contributed by atoms with Crippen molar-refractivity contribution in [2.75, 3.05) is 12.3 Å².